The molecule has 3 N–H and O–H groups in total. The summed E-state index contributed by atoms with van der Waals surface area (Å²) < 4.78 is 0. The van der Waals surface area contributed by atoms with Crippen LogP contribution in [0.1, 0.15) is 64.7 Å². The monoisotopic (exact) mass is 352 g/mol. The van der Waals surface area contributed by atoms with Gasteiger partial charge in [-0.2, -0.15) is 0 Å². The molecule has 5 heteroatoms. The Morgan fingerprint density at radius 2 is 2.04 bits per heavy atom. The van der Waals surface area contributed by atoms with Gasteiger partial charge in [0.1, 0.15) is 5.78 Å². The van der Waals surface area contributed by atoms with Gasteiger partial charge in [-0.3, -0.25) is 9.59 Å². The fourth-order valence-electron chi connectivity index (χ4n) is 3.27. The molecule has 4 atom stereocenters. The second-order valence-corrected chi connectivity index (χ2v) is 6.87. The van der Waals surface area contributed by atoms with Crippen LogP contribution in [0.4, 0.5) is 0 Å². The minimum atomic E-state index is -0.798. The number of ketones is 1. The lowest BCUT2D eigenvalue weighted by Crippen LogP contribution is -2.19. The highest BCUT2D eigenvalue weighted by Crippen LogP contribution is 2.34. The molecule has 0 saturated heterocycles. The van der Waals surface area contributed by atoms with Crippen molar-refractivity contribution in [3.63, 3.8) is 0 Å². The van der Waals surface area contributed by atoms with E-state index in [9.17, 15) is 19.8 Å². The number of aliphatic hydroxyl groups excluding tert-OH is 2. The van der Waals surface area contributed by atoms with Gasteiger partial charge < -0.3 is 15.3 Å². The van der Waals surface area contributed by atoms with Crippen molar-refractivity contribution >= 4 is 11.8 Å². The molecule has 0 unspecified atom stereocenters. The highest BCUT2D eigenvalue weighted by atomic mass is 16.4. The second kappa shape index (κ2) is 12.0. The zero-order valence-electron chi connectivity index (χ0n) is 15.1. The number of hydrogen-bond acceptors (Lipinski definition) is 4. The van der Waals surface area contributed by atoms with Crippen molar-refractivity contribution in [1.82, 2.24) is 0 Å². The summed E-state index contributed by atoms with van der Waals surface area (Å²) in [6, 6.07) is 0. The third-order valence-corrected chi connectivity index (χ3v) is 4.72. The molecule has 1 rings (SSSR count). The first-order valence-corrected chi connectivity index (χ1v) is 9.39. The van der Waals surface area contributed by atoms with Crippen LogP contribution < -0.4 is 0 Å². The van der Waals surface area contributed by atoms with Crippen LogP contribution in [-0.2, 0) is 9.59 Å². The number of allylic oxidation sites excluding steroid dienone is 2. The first-order chi connectivity index (χ1) is 12.0. The number of unbranched alkanes of at least 4 members (excludes halogenated alkanes) is 3. The van der Waals surface area contributed by atoms with Gasteiger partial charge in [-0.1, -0.05) is 50.5 Å². The minimum Gasteiger partial charge on any atom is -0.481 e. The van der Waals surface area contributed by atoms with E-state index >= 15 is 0 Å². The van der Waals surface area contributed by atoms with Crippen LogP contribution in [0, 0.1) is 11.8 Å². The zero-order chi connectivity index (χ0) is 18.7. The standard InChI is InChI=1S/C20H32O5/c1-2-3-6-10-16-17(19(23)14-18(16)22)13-12-15(21)9-7-4-5-8-11-20(24)25/h4,7,12-13,15-18,21-22H,2-3,5-6,8-11,14H2,1H3,(H,24,25)/b7-4-,13-12+/t15-,16+,17+,18+/m0/s1. The fourth-order valence-corrected chi connectivity index (χ4v) is 3.27. The summed E-state index contributed by atoms with van der Waals surface area (Å²) in [7, 11) is 0. The molecule has 0 aliphatic heterocycles. The predicted octanol–water partition coefficient (Wildman–Crippen LogP) is 3.25. The van der Waals surface area contributed by atoms with Crippen molar-refractivity contribution in [2.75, 3.05) is 0 Å². The van der Waals surface area contributed by atoms with Gasteiger partial charge >= 0.3 is 5.97 Å². The van der Waals surface area contributed by atoms with Crippen LogP contribution in [0.5, 0.6) is 0 Å². The summed E-state index contributed by atoms with van der Waals surface area (Å²) in [5.74, 6) is -1.06. The summed E-state index contributed by atoms with van der Waals surface area (Å²) in [5, 5.41) is 28.6. The number of aliphatic hydroxyl groups is 2. The van der Waals surface area contributed by atoms with E-state index in [0.29, 0.717) is 19.3 Å². The molecule has 0 spiro atoms. The highest BCUT2D eigenvalue weighted by molar-refractivity contribution is 5.85. The third kappa shape index (κ3) is 8.45. The molecular formula is C20H32O5. The van der Waals surface area contributed by atoms with Gasteiger partial charge in [0.15, 0.2) is 0 Å². The summed E-state index contributed by atoms with van der Waals surface area (Å²) in [5.41, 5.74) is 0. The van der Waals surface area contributed by atoms with E-state index < -0.39 is 18.2 Å². The Hall–Kier alpha value is -1.46. The number of Topliss-reactive ketones (excluding diaryl/α,β-unsaturated/α-hetero) is 1. The molecule has 0 heterocycles. The molecule has 0 bridgehead atoms. The summed E-state index contributed by atoms with van der Waals surface area (Å²) in [6.45, 7) is 2.12. The highest BCUT2D eigenvalue weighted by Gasteiger charge is 2.39. The Morgan fingerprint density at radius 1 is 1.28 bits per heavy atom. The summed E-state index contributed by atoms with van der Waals surface area (Å²) in [4.78, 5) is 22.5. The molecule has 1 saturated carbocycles. The van der Waals surface area contributed by atoms with Gasteiger partial charge in [-0.15, -0.1) is 0 Å². The van der Waals surface area contributed by atoms with Gasteiger partial charge in [0.2, 0.25) is 0 Å². The zero-order valence-corrected chi connectivity index (χ0v) is 15.1. The number of carbonyl (C=O) groups is 2. The van der Waals surface area contributed by atoms with E-state index in [-0.39, 0.29) is 30.5 Å². The number of carboxylic acid groups (broad SMARTS) is 1. The van der Waals surface area contributed by atoms with Gasteiger partial charge in [-0.05, 0) is 31.6 Å². The van der Waals surface area contributed by atoms with Crippen molar-refractivity contribution in [3.05, 3.63) is 24.3 Å². The molecule has 0 radical (unpaired) electrons. The lowest BCUT2D eigenvalue weighted by atomic mass is 9.88. The molecule has 5 nitrogen and oxygen atoms in total. The molecule has 1 aliphatic rings. The van der Waals surface area contributed by atoms with E-state index in [4.69, 9.17) is 5.11 Å². The normalized spacial score (nSPS) is 25.2. The van der Waals surface area contributed by atoms with Crippen molar-refractivity contribution in [2.24, 2.45) is 11.8 Å². The quantitative estimate of drug-likeness (QED) is 0.370. The SMILES string of the molecule is CCCCC[C@H]1[C@H](O)CC(=O)[C@@H]1/C=C/[C@@H](O)C/C=C\CCCC(=O)O. The second-order valence-electron chi connectivity index (χ2n) is 6.87. The van der Waals surface area contributed by atoms with E-state index in [2.05, 4.69) is 6.92 Å². The van der Waals surface area contributed by atoms with Crippen LogP contribution in [0.15, 0.2) is 24.3 Å². The number of carboxylic acids is 1. The van der Waals surface area contributed by atoms with E-state index in [1.807, 2.05) is 12.2 Å². The van der Waals surface area contributed by atoms with E-state index in [0.717, 1.165) is 25.7 Å². The largest absolute Gasteiger partial charge is 0.481 e. The number of rotatable bonds is 12. The lowest BCUT2D eigenvalue weighted by Gasteiger charge is -2.18. The van der Waals surface area contributed by atoms with Crippen molar-refractivity contribution in [1.29, 1.82) is 0 Å². The Labute approximate surface area is 150 Å². The smallest absolute Gasteiger partial charge is 0.303 e. The Balaban J connectivity index is 2.41. The van der Waals surface area contributed by atoms with E-state index in [1.165, 1.54) is 0 Å². The van der Waals surface area contributed by atoms with Crippen molar-refractivity contribution in [2.45, 2.75) is 76.9 Å². The first kappa shape index (κ1) is 21.6. The fraction of sp³-hybridized carbons (Fsp3) is 0.700. The average Bonchev–Trinajstić information content (AvgIpc) is 2.82. The van der Waals surface area contributed by atoms with Gasteiger partial charge in [-0.25, -0.2) is 0 Å². The van der Waals surface area contributed by atoms with Crippen LogP contribution >= 0.6 is 0 Å². The summed E-state index contributed by atoms with van der Waals surface area (Å²) >= 11 is 0. The molecule has 1 fully saturated rings. The Morgan fingerprint density at radius 3 is 2.72 bits per heavy atom. The Kier molecular flexibility index (Phi) is 10.3. The lowest BCUT2D eigenvalue weighted by molar-refractivity contribution is -0.137. The van der Waals surface area contributed by atoms with Crippen LogP contribution in [0.2, 0.25) is 0 Å². The topological polar surface area (TPSA) is 94.8 Å². The molecule has 142 valence electrons. The first-order valence-electron chi connectivity index (χ1n) is 9.39. The molecule has 25 heavy (non-hydrogen) atoms. The maximum Gasteiger partial charge on any atom is 0.303 e. The molecule has 0 aromatic rings. The third-order valence-electron chi connectivity index (χ3n) is 4.72. The molecular weight excluding hydrogens is 320 g/mol. The van der Waals surface area contributed by atoms with Crippen molar-refractivity contribution in [3.8, 4) is 0 Å². The summed E-state index contributed by atoms with van der Waals surface area (Å²) in [6.07, 6.45) is 12.0. The number of aliphatic carboxylic acids is 1. The Bertz CT molecular complexity index is 469. The average molecular weight is 352 g/mol. The molecule has 0 aromatic carbocycles. The van der Waals surface area contributed by atoms with Gasteiger partial charge in [0.05, 0.1) is 12.2 Å². The maximum absolute atomic E-state index is 12.1. The van der Waals surface area contributed by atoms with Crippen molar-refractivity contribution < 1.29 is 24.9 Å². The van der Waals surface area contributed by atoms with Crippen LogP contribution in [-0.4, -0.2) is 39.3 Å². The van der Waals surface area contributed by atoms with E-state index in [1.54, 1.807) is 12.2 Å². The minimum absolute atomic E-state index is 0.0333. The maximum atomic E-state index is 12.1. The predicted molar refractivity (Wildman–Crippen MR) is 97.1 cm³/mol. The van der Waals surface area contributed by atoms with Gasteiger partial charge in [0.25, 0.3) is 0 Å². The number of hydrogen-bond donors (Lipinski definition) is 3. The molecule has 1 aliphatic carbocycles. The molecule has 0 amide bonds. The number of carbonyl (C=O) groups excluding carboxylic acids is 1. The van der Waals surface area contributed by atoms with Crippen LogP contribution in [0.25, 0.3) is 0 Å². The van der Waals surface area contributed by atoms with Gasteiger partial charge in [0, 0.05) is 18.8 Å². The molecule has 0 aromatic heterocycles. The van der Waals surface area contributed by atoms with Crippen LogP contribution in [0.3, 0.4) is 0 Å².